The van der Waals surface area contributed by atoms with Gasteiger partial charge in [-0.3, -0.25) is 0 Å². The number of benzene rings is 10. The summed E-state index contributed by atoms with van der Waals surface area (Å²) in [6.07, 6.45) is 0. The molecule has 71 heavy (non-hydrogen) atoms. The molecule has 0 saturated carbocycles. The first-order valence-electron chi connectivity index (χ1n) is 24.8. The van der Waals surface area contributed by atoms with Crippen molar-refractivity contribution in [3.05, 3.63) is 246 Å². The van der Waals surface area contributed by atoms with Crippen molar-refractivity contribution in [2.75, 3.05) is 14.8 Å². The van der Waals surface area contributed by atoms with Gasteiger partial charge in [0.1, 0.15) is 11.2 Å². The quantitative estimate of drug-likeness (QED) is 0.117. The van der Waals surface area contributed by atoms with Crippen LogP contribution in [0.4, 0.5) is 17.1 Å². The molecule has 342 valence electrons. The molecule has 0 bridgehead atoms. The van der Waals surface area contributed by atoms with E-state index in [0.29, 0.717) is 0 Å². The van der Waals surface area contributed by atoms with Crippen molar-refractivity contribution in [2.45, 2.75) is 36.0 Å². The van der Waals surface area contributed by atoms with Gasteiger partial charge in [0.25, 0.3) is 0 Å². The van der Waals surface area contributed by atoms with E-state index in [1.54, 1.807) is 0 Å². The van der Waals surface area contributed by atoms with Crippen molar-refractivity contribution >= 4 is 58.8 Å². The molecule has 0 saturated heterocycles. The first-order chi connectivity index (χ1) is 34.6. The van der Waals surface area contributed by atoms with E-state index in [4.69, 9.17) is 4.42 Å². The third-order valence-electron chi connectivity index (χ3n) is 16.0. The molecular formula is C68H52INO. The molecule has 0 radical (unpaired) electrons. The Morgan fingerprint density at radius 2 is 1.03 bits per heavy atom. The van der Waals surface area contributed by atoms with Gasteiger partial charge in [-0.05, 0) is 33.9 Å². The van der Waals surface area contributed by atoms with E-state index in [9.17, 15) is 0 Å². The van der Waals surface area contributed by atoms with E-state index in [-0.39, 0.29) is 5.41 Å². The number of hydrogen-bond acceptors (Lipinski definition) is 2. The third-order valence-corrected chi connectivity index (χ3v) is 18.4. The topological polar surface area (TPSA) is 16.4 Å². The minimum absolute atomic E-state index is 0.138. The van der Waals surface area contributed by atoms with Crippen LogP contribution in [0.2, 0.25) is 0 Å². The molecule has 0 N–H and O–H groups in total. The molecule has 3 heteroatoms. The van der Waals surface area contributed by atoms with Gasteiger partial charge in [0.15, 0.2) is 0 Å². The molecule has 1 aliphatic heterocycles. The van der Waals surface area contributed by atoms with Crippen LogP contribution in [0.1, 0.15) is 54.2 Å². The van der Waals surface area contributed by atoms with E-state index in [0.717, 1.165) is 38.8 Å². The molecule has 0 amide bonds. The Labute approximate surface area is 423 Å². The van der Waals surface area contributed by atoms with E-state index in [2.05, 4.69) is 242 Å². The van der Waals surface area contributed by atoms with Gasteiger partial charge in [-0.2, -0.15) is 0 Å². The number of nitrogens with zero attached hydrogens (tertiary/aromatic N) is 1. The standard InChI is InChI=1S/C68H52INO/c1-67(2)58-23-11-9-19-52(58)55-40-60-56(39-59(55)67)57-36-49(45-25-27-46(28-26-45)51-21-14-22-54-53-20-10-12-24-64(53)71-66(51)54)38-63-65(57)68(60,3)61-37-48(47-18-13-15-42(35-47)41-69(4)5)31-34-62(61)70(63)50-32-29-44(30-33-50)43-16-7-6-8-17-43/h6-40H,41H2,1-5H3. The molecule has 2 aliphatic carbocycles. The van der Waals surface area contributed by atoms with Crippen molar-refractivity contribution in [2.24, 2.45) is 0 Å². The van der Waals surface area contributed by atoms with Crippen LogP contribution in [-0.4, -0.2) is 9.86 Å². The minimum atomic E-state index is -0.981. The van der Waals surface area contributed by atoms with Crippen LogP contribution in [0.5, 0.6) is 0 Å². The summed E-state index contributed by atoms with van der Waals surface area (Å²) < 4.78 is 7.73. The van der Waals surface area contributed by atoms with Crippen LogP contribution >= 0.6 is 19.8 Å². The molecule has 1 aromatic heterocycles. The average Bonchev–Trinajstić information content (AvgIpc) is 3.99. The van der Waals surface area contributed by atoms with Crippen LogP contribution in [-0.2, 0) is 15.3 Å². The fourth-order valence-corrected chi connectivity index (χ4v) is 14.9. The molecule has 2 nitrogen and oxygen atoms in total. The molecule has 0 fully saturated rings. The Balaban J connectivity index is 1.00. The zero-order valence-corrected chi connectivity index (χ0v) is 42.8. The number of anilines is 3. The summed E-state index contributed by atoms with van der Waals surface area (Å²) in [6.45, 7) is 7.34. The van der Waals surface area contributed by atoms with Crippen LogP contribution in [0, 0.1) is 0 Å². The number of hydrogen-bond donors (Lipinski definition) is 0. The van der Waals surface area contributed by atoms with Crippen LogP contribution in [0.25, 0.3) is 88.7 Å². The van der Waals surface area contributed by atoms with Gasteiger partial charge in [-0.1, -0.05) is 129 Å². The molecule has 3 aliphatic rings. The number of alkyl halides is 3. The Morgan fingerprint density at radius 1 is 0.408 bits per heavy atom. The number of halogens is 1. The number of fused-ring (bicyclic) bond motifs is 11. The van der Waals surface area contributed by atoms with Gasteiger partial charge in [0, 0.05) is 21.8 Å². The second-order valence-corrected chi connectivity index (χ2v) is 26.7. The van der Waals surface area contributed by atoms with Gasteiger partial charge < -0.3 is 4.42 Å². The number of rotatable bonds is 7. The van der Waals surface area contributed by atoms with Crippen LogP contribution in [0.15, 0.2) is 217 Å². The van der Waals surface area contributed by atoms with E-state index < -0.39 is 25.2 Å². The summed E-state index contributed by atoms with van der Waals surface area (Å²) in [4.78, 5) is 7.49. The van der Waals surface area contributed by atoms with E-state index >= 15 is 0 Å². The monoisotopic (exact) mass is 1030 g/mol. The first-order valence-corrected chi connectivity index (χ1v) is 30.6. The van der Waals surface area contributed by atoms with Gasteiger partial charge in [0.05, 0.1) is 0 Å². The summed E-state index contributed by atoms with van der Waals surface area (Å²) >= 11 is -0.981. The fraction of sp³-hybridized carbons (Fsp3) is 0.118. The SMILES string of the molecule is CI(C)Cc1cccc(-c2ccc3c(c2)C2(C)c4cc5c(cc4-c4cc(-c6ccc(-c7cccc8c7oc7ccccc78)cc6)cc(c42)N3c2ccc(-c3ccccc3)cc2)C(C)(C)c2ccccc2-5)c1. The van der Waals surface area contributed by atoms with Crippen LogP contribution < -0.4 is 4.90 Å². The summed E-state index contributed by atoms with van der Waals surface area (Å²) in [5.74, 6) is 0. The Hall–Kier alpha value is -7.47. The summed E-state index contributed by atoms with van der Waals surface area (Å²) in [7, 11) is 0. The second-order valence-electron chi connectivity index (χ2n) is 20.7. The summed E-state index contributed by atoms with van der Waals surface area (Å²) in [5.41, 5.74) is 28.1. The van der Waals surface area contributed by atoms with Gasteiger partial charge in [0.2, 0.25) is 0 Å². The Bertz CT molecular complexity index is 3970. The zero-order valence-electron chi connectivity index (χ0n) is 40.6. The molecular weight excluding hydrogens is 974 g/mol. The Morgan fingerprint density at radius 3 is 1.86 bits per heavy atom. The Kier molecular flexibility index (Phi) is 9.42. The summed E-state index contributed by atoms with van der Waals surface area (Å²) in [6, 6.07) is 79.9. The molecule has 0 spiro atoms. The van der Waals surface area contributed by atoms with Crippen molar-refractivity contribution in [1.29, 1.82) is 0 Å². The van der Waals surface area contributed by atoms with Crippen molar-refractivity contribution in [3.63, 3.8) is 0 Å². The molecule has 1 atom stereocenters. The second kappa shape index (κ2) is 15.8. The molecule has 2 heterocycles. The normalized spacial score (nSPS) is 15.8. The predicted octanol–water partition coefficient (Wildman–Crippen LogP) is 18.9. The molecule has 14 rings (SSSR count). The third kappa shape index (κ3) is 6.38. The molecule has 11 aromatic rings. The van der Waals surface area contributed by atoms with Gasteiger partial charge >= 0.3 is 226 Å². The van der Waals surface area contributed by atoms with Crippen molar-refractivity contribution in [1.82, 2.24) is 0 Å². The van der Waals surface area contributed by atoms with Crippen molar-refractivity contribution in [3.8, 4) is 66.8 Å². The molecule has 10 aromatic carbocycles. The number of furan rings is 1. The zero-order chi connectivity index (χ0) is 47.8. The average molecular weight is 1030 g/mol. The maximum absolute atomic E-state index is 6.52. The first kappa shape index (κ1) is 42.4. The summed E-state index contributed by atoms with van der Waals surface area (Å²) in [5, 5.41) is 2.29. The molecule has 1 unspecified atom stereocenters. The fourth-order valence-electron chi connectivity index (χ4n) is 12.6. The van der Waals surface area contributed by atoms with Gasteiger partial charge in [-0.25, -0.2) is 0 Å². The van der Waals surface area contributed by atoms with E-state index in [1.807, 2.05) is 6.07 Å². The van der Waals surface area contributed by atoms with Crippen LogP contribution in [0.3, 0.4) is 0 Å². The maximum atomic E-state index is 6.52. The van der Waals surface area contributed by atoms with Gasteiger partial charge in [-0.15, -0.1) is 0 Å². The van der Waals surface area contributed by atoms with E-state index in [1.165, 1.54) is 105 Å². The van der Waals surface area contributed by atoms with Crippen molar-refractivity contribution < 1.29 is 4.42 Å². The predicted molar refractivity (Wildman–Crippen MR) is 308 cm³/mol. The number of para-hydroxylation sites is 2.